The molecule has 0 amide bonds. The number of amidine groups is 1. The summed E-state index contributed by atoms with van der Waals surface area (Å²) >= 11 is 6.27. The summed E-state index contributed by atoms with van der Waals surface area (Å²) in [5.41, 5.74) is 5.32. The van der Waals surface area contributed by atoms with Crippen LogP contribution in [0.15, 0.2) is 71.7 Å². The van der Waals surface area contributed by atoms with Gasteiger partial charge >= 0.3 is 0 Å². The summed E-state index contributed by atoms with van der Waals surface area (Å²) in [5.74, 6) is 1.96. The lowest BCUT2D eigenvalue weighted by atomic mass is 10.1. The highest BCUT2D eigenvalue weighted by molar-refractivity contribution is 6.31. The number of fused-ring (bicyclic) bond motifs is 2. The number of anilines is 2. The van der Waals surface area contributed by atoms with Crippen LogP contribution >= 0.6 is 24.0 Å². The molecule has 5 rings (SSSR count). The number of piperazine rings is 1. The van der Waals surface area contributed by atoms with Crippen molar-refractivity contribution in [2.45, 2.75) is 13.3 Å². The molecule has 1 N–H and O–H groups in total. The molecule has 7 heteroatoms. The number of ether oxygens (including phenoxy) is 1. The van der Waals surface area contributed by atoms with E-state index < -0.39 is 0 Å². The molecule has 1 fully saturated rings. The highest BCUT2D eigenvalue weighted by Crippen LogP contribution is 2.36. The van der Waals surface area contributed by atoms with Crippen LogP contribution in [-0.2, 0) is 0 Å². The monoisotopic (exact) mass is 496 g/mol. The number of hydrogen-bond acceptors (Lipinski definition) is 5. The van der Waals surface area contributed by atoms with Gasteiger partial charge in [-0.1, -0.05) is 41.4 Å². The van der Waals surface area contributed by atoms with Gasteiger partial charge in [-0.05, 0) is 55.8 Å². The van der Waals surface area contributed by atoms with Crippen LogP contribution in [0.5, 0.6) is 5.75 Å². The number of nitrogens with zero attached hydrogens (tertiary/aromatic N) is 3. The van der Waals surface area contributed by atoms with E-state index in [1.54, 1.807) is 0 Å². The van der Waals surface area contributed by atoms with Gasteiger partial charge in [0.25, 0.3) is 0 Å². The standard InChI is InChI=1S/C27H29ClN4O.ClH/c1-20-7-10-22(11-8-20)33-18-4-13-31-14-16-32(17-15-31)27-23-5-2-3-6-24(23)29-25-12-9-21(28)19-26(25)30-27;/h2-3,5-12,19,29H,4,13-18H2,1H3;1H. The fourth-order valence-electron chi connectivity index (χ4n) is 4.35. The van der Waals surface area contributed by atoms with Gasteiger partial charge in [0.2, 0.25) is 0 Å². The minimum absolute atomic E-state index is 0. The third kappa shape index (κ3) is 5.66. The lowest BCUT2D eigenvalue weighted by molar-refractivity contribution is 0.169. The minimum atomic E-state index is 0. The fraction of sp³-hybridized carbons (Fsp3) is 0.296. The Morgan fingerprint density at radius 2 is 1.71 bits per heavy atom. The van der Waals surface area contributed by atoms with Gasteiger partial charge in [-0.3, -0.25) is 4.90 Å². The van der Waals surface area contributed by atoms with Crippen LogP contribution in [0.25, 0.3) is 0 Å². The van der Waals surface area contributed by atoms with Gasteiger partial charge in [0.05, 0.1) is 18.0 Å². The number of para-hydroxylation sites is 1. The second-order valence-corrected chi connectivity index (χ2v) is 9.05. The number of aryl methyl sites for hydroxylation is 1. The highest BCUT2D eigenvalue weighted by Gasteiger charge is 2.24. The van der Waals surface area contributed by atoms with E-state index in [0.29, 0.717) is 5.02 Å². The van der Waals surface area contributed by atoms with Crippen LogP contribution in [0.1, 0.15) is 17.5 Å². The lowest BCUT2D eigenvalue weighted by Crippen LogP contribution is -2.49. The number of nitrogens with one attached hydrogen (secondary N) is 1. The molecular formula is C27H30Cl2N4O. The summed E-state index contributed by atoms with van der Waals surface area (Å²) in [6.07, 6.45) is 1.02. The quantitative estimate of drug-likeness (QED) is 0.421. The Labute approximate surface area is 212 Å². The Morgan fingerprint density at radius 3 is 2.50 bits per heavy atom. The second kappa shape index (κ2) is 11.1. The smallest absolute Gasteiger partial charge is 0.138 e. The van der Waals surface area contributed by atoms with Crippen LogP contribution in [-0.4, -0.2) is 55.0 Å². The van der Waals surface area contributed by atoms with Gasteiger partial charge < -0.3 is 15.0 Å². The normalized spacial score (nSPS) is 15.2. The summed E-state index contributed by atoms with van der Waals surface area (Å²) in [4.78, 5) is 9.98. The van der Waals surface area contributed by atoms with Gasteiger partial charge in [-0.25, -0.2) is 4.99 Å². The molecule has 5 nitrogen and oxygen atoms in total. The Kier molecular flexibility index (Phi) is 7.99. The molecule has 0 saturated carbocycles. The van der Waals surface area contributed by atoms with Gasteiger partial charge in [0, 0.05) is 49.0 Å². The van der Waals surface area contributed by atoms with E-state index in [0.717, 1.165) is 80.0 Å². The predicted molar refractivity (Wildman–Crippen MR) is 144 cm³/mol. The zero-order valence-corrected chi connectivity index (χ0v) is 20.9. The van der Waals surface area contributed by atoms with Gasteiger partial charge in [0.1, 0.15) is 11.6 Å². The van der Waals surface area contributed by atoms with E-state index in [-0.39, 0.29) is 12.4 Å². The number of halogens is 2. The van der Waals surface area contributed by atoms with Crippen molar-refractivity contribution in [1.29, 1.82) is 0 Å². The minimum Gasteiger partial charge on any atom is -0.494 e. The Hall–Kier alpha value is -2.73. The summed E-state index contributed by atoms with van der Waals surface area (Å²) in [7, 11) is 0. The molecule has 0 radical (unpaired) electrons. The first kappa shape index (κ1) is 24.4. The number of hydrogen-bond donors (Lipinski definition) is 1. The second-order valence-electron chi connectivity index (χ2n) is 8.61. The number of rotatable bonds is 5. The van der Waals surface area contributed by atoms with Crippen molar-refractivity contribution in [3.05, 3.63) is 82.9 Å². The summed E-state index contributed by atoms with van der Waals surface area (Å²) in [6.45, 7) is 7.80. The van der Waals surface area contributed by atoms with Crippen molar-refractivity contribution >= 4 is 46.9 Å². The van der Waals surface area contributed by atoms with E-state index in [1.807, 2.05) is 30.3 Å². The zero-order valence-electron chi connectivity index (χ0n) is 19.3. The lowest BCUT2D eigenvalue weighted by Gasteiger charge is -2.36. The average molecular weight is 497 g/mol. The Morgan fingerprint density at radius 1 is 0.941 bits per heavy atom. The Balaban J connectivity index is 0.00000274. The van der Waals surface area contributed by atoms with Crippen molar-refractivity contribution in [2.75, 3.05) is 44.6 Å². The fourth-order valence-corrected chi connectivity index (χ4v) is 4.51. The first-order chi connectivity index (χ1) is 16.2. The molecular weight excluding hydrogens is 467 g/mol. The van der Waals surface area contributed by atoms with Crippen LogP contribution in [0.4, 0.5) is 17.1 Å². The van der Waals surface area contributed by atoms with Crippen LogP contribution in [0.3, 0.4) is 0 Å². The van der Waals surface area contributed by atoms with Gasteiger partial charge in [0.15, 0.2) is 0 Å². The van der Waals surface area contributed by atoms with E-state index in [2.05, 4.69) is 58.4 Å². The first-order valence-electron chi connectivity index (χ1n) is 11.6. The number of aliphatic imine (C=N–C) groups is 1. The topological polar surface area (TPSA) is 40.1 Å². The van der Waals surface area contributed by atoms with E-state index in [4.69, 9.17) is 21.3 Å². The molecule has 1 saturated heterocycles. The molecule has 178 valence electrons. The molecule has 3 aromatic rings. The molecule has 0 atom stereocenters. The maximum Gasteiger partial charge on any atom is 0.138 e. The molecule has 0 bridgehead atoms. The predicted octanol–water partition coefficient (Wildman–Crippen LogP) is 6.29. The molecule has 0 unspecified atom stereocenters. The third-order valence-electron chi connectivity index (χ3n) is 6.20. The molecule has 0 aromatic heterocycles. The average Bonchev–Trinajstić information content (AvgIpc) is 3.00. The summed E-state index contributed by atoms with van der Waals surface area (Å²) in [6, 6.07) is 22.5. The molecule has 0 aliphatic carbocycles. The van der Waals surface area contributed by atoms with Crippen LogP contribution in [0.2, 0.25) is 5.02 Å². The van der Waals surface area contributed by atoms with Crippen molar-refractivity contribution in [1.82, 2.24) is 9.80 Å². The number of benzene rings is 3. The zero-order chi connectivity index (χ0) is 22.6. The summed E-state index contributed by atoms with van der Waals surface area (Å²) in [5, 5.41) is 4.23. The molecule has 2 aliphatic heterocycles. The molecule has 2 aliphatic rings. The van der Waals surface area contributed by atoms with E-state index in [9.17, 15) is 0 Å². The van der Waals surface area contributed by atoms with Crippen LogP contribution < -0.4 is 10.1 Å². The third-order valence-corrected chi connectivity index (χ3v) is 6.44. The molecule has 34 heavy (non-hydrogen) atoms. The SMILES string of the molecule is Cc1ccc(OCCCN2CCN(C3=Nc4cc(Cl)ccc4Nc4ccccc43)CC2)cc1.Cl. The Bertz CT molecular complexity index is 1140. The first-order valence-corrected chi connectivity index (χ1v) is 11.9. The van der Waals surface area contributed by atoms with Crippen molar-refractivity contribution < 1.29 is 4.74 Å². The van der Waals surface area contributed by atoms with Crippen molar-refractivity contribution in [3.63, 3.8) is 0 Å². The molecule has 0 spiro atoms. The summed E-state index contributed by atoms with van der Waals surface area (Å²) < 4.78 is 5.89. The van der Waals surface area contributed by atoms with Crippen molar-refractivity contribution in [2.24, 2.45) is 4.99 Å². The van der Waals surface area contributed by atoms with E-state index >= 15 is 0 Å². The van der Waals surface area contributed by atoms with Crippen molar-refractivity contribution in [3.8, 4) is 5.75 Å². The van der Waals surface area contributed by atoms with E-state index in [1.165, 1.54) is 5.56 Å². The molecule has 2 heterocycles. The highest BCUT2D eigenvalue weighted by atomic mass is 35.5. The molecule has 3 aromatic carbocycles. The maximum absolute atomic E-state index is 6.27. The largest absolute Gasteiger partial charge is 0.494 e. The maximum atomic E-state index is 6.27. The van der Waals surface area contributed by atoms with Gasteiger partial charge in [-0.2, -0.15) is 0 Å². The van der Waals surface area contributed by atoms with Crippen LogP contribution in [0, 0.1) is 6.92 Å². The van der Waals surface area contributed by atoms with Gasteiger partial charge in [-0.15, -0.1) is 12.4 Å².